The van der Waals surface area contributed by atoms with E-state index < -0.39 is 0 Å². The number of aromatic nitrogens is 1. The normalized spacial score (nSPS) is 10.8. The van der Waals surface area contributed by atoms with Crippen molar-refractivity contribution in [1.29, 1.82) is 0 Å². The Kier molecular flexibility index (Phi) is 4.19. The zero-order chi connectivity index (χ0) is 18.1. The lowest BCUT2D eigenvalue weighted by molar-refractivity contribution is 0.102. The van der Waals surface area contributed by atoms with Gasteiger partial charge in [-0.25, -0.2) is 4.98 Å². The molecule has 4 rings (SSSR count). The second-order valence-corrected chi connectivity index (χ2v) is 6.47. The van der Waals surface area contributed by atoms with Gasteiger partial charge in [-0.05, 0) is 55.5 Å². The standard InChI is InChI=1S/C21H15ClN2O2/c1-13-4-2-5-14(10-13)20(25)23-17-8-9-19-18(12-17)24-21(26-19)15-6-3-7-16(22)11-15/h2-12H,1H3,(H,23,25). The summed E-state index contributed by atoms with van der Waals surface area (Å²) < 4.78 is 5.79. The van der Waals surface area contributed by atoms with Crippen LogP contribution in [-0.4, -0.2) is 10.9 Å². The van der Waals surface area contributed by atoms with Gasteiger partial charge < -0.3 is 9.73 Å². The van der Waals surface area contributed by atoms with E-state index in [0.717, 1.165) is 11.1 Å². The Hall–Kier alpha value is -3.11. The first-order chi connectivity index (χ1) is 12.6. The van der Waals surface area contributed by atoms with Gasteiger partial charge >= 0.3 is 0 Å². The number of aryl methyl sites for hydroxylation is 1. The molecule has 128 valence electrons. The molecular weight excluding hydrogens is 348 g/mol. The van der Waals surface area contributed by atoms with Gasteiger partial charge in [0.2, 0.25) is 5.89 Å². The van der Waals surface area contributed by atoms with Crippen LogP contribution in [0, 0.1) is 6.92 Å². The van der Waals surface area contributed by atoms with Crippen molar-refractivity contribution in [3.8, 4) is 11.5 Å². The van der Waals surface area contributed by atoms with Gasteiger partial charge in [-0.1, -0.05) is 35.4 Å². The van der Waals surface area contributed by atoms with Gasteiger partial charge in [0, 0.05) is 21.8 Å². The molecule has 4 nitrogen and oxygen atoms in total. The lowest BCUT2D eigenvalue weighted by Crippen LogP contribution is -2.11. The zero-order valence-electron chi connectivity index (χ0n) is 14.0. The van der Waals surface area contributed by atoms with Crippen LogP contribution in [-0.2, 0) is 0 Å². The van der Waals surface area contributed by atoms with Crippen LogP contribution in [0.25, 0.3) is 22.6 Å². The Morgan fingerprint density at radius 3 is 2.69 bits per heavy atom. The largest absolute Gasteiger partial charge is 0.436 e. The van der Waals surface area contributed by atoms with E-state index in [9.17, 15) is 4.79 Å². The SMILES string of the molecule is Cc1cccc(C(=O)Nc2ccc3oc(-c4cccc(Cl)c4)nc3c2)c1. The molecule has 0 unspecified atom stereocenters. The Morgan fingerprint density at radius 1 is 1.04 bits per heavy atom. The highest BCUT2D eigenvalue weighted by molar-refractivity contribution is 6.30. The number of carbonyl (C=O) groups is 1. The van der Waals surface area contributed by atoms with Gasteiger partial charge in [0.1, 0.15) is 5.52 Å². The van der Waals surface area contributed by atoms with Crippen molar-refractivity contribution in [3.05, 3.63) is 82.9 Å². The fourth-order valence-electron chi connectivity index (χ4n) is 2.74. The number of halogens is 1. The molecule has 0 bridgehead atoms. The predicted octanol–water partition coefficient (Wildman–Crippen LogP) is 5.71. The summed E-state index contributed by atoms with van der Waals surface area (Å²) in [6, 6.07) is 20.2. The maximum atomic E-state index is 12.4. The second kappa shape index (κ2) is 6.65. The number of fused-ring (bicyclic) bond motifs is 1. The molecule has 26 heavy (non-hydrogen) atoms. The molecule has 0 radical (unpaired) electrons. The molecule has 0 saturated heterocycles. The molecule has 1 amide bonds. The van der Waals surface area contributed by atoms with Crippen molar-refractivity contribution < 1.29 is 9.21 Å². The number of oxazole rings is 1. The molecular formula is C21H15ClN2O2. The first kappa shape index (κ1) is 16.4. The zero-order valence-corrected chi connectivity index (χ0v) is 14.7. The Bertz CT molecular complexity index is 1120. The molecule has 5 heteroatoms. The van der Waals surface area contributed by atoms with Crippen LogP contribution in [0.2, 0.25) is 5.02 Å². The summed E-state index contributed by atoms with van der Waals surface area (Å²) in [4.78, 5) is 16.9. The first-order valence-electron chi connectivity index (χ1n) is 8.13. The van der Waals surface area contributed by atoms with Crippen molar-refractivity contribution in [3.63, 3.8) is 0 Å². The summed E-state index contributed by atoms with van der Waals surface area (Å²) in [5, 5.41) is 3.52. The van der Waals surface area contributed by atoms with Gasteiger partial charge in [-0.15, -0.1) is 0 Å². The van der Waals surface area contributed by atoms with E-state index in [1.54, 1.807) is 36.4 Å². The number of benzene rings is 3. The minimum absolute atomic E-state index is 0.161. The second-order valence-electron chi connectivity index (χ2n) is 6.04. The molecule has 0 aliphatic carbocycles. The highest BCUT2D eigenvalue weighted by Crippen LogP contribution is 2.27. The molecule has 0 saturated carbocycles. The molecule has 4 aromatic rings. The quantitative estimate of drug-likeness (QED) is 0.508. The number of nitrogens with one attached hydrogen (secondary N) is 1. The van der Waals surface area contributed by atoms with Crippen LogP contribution < -0.4 is 5.32 Å². The van der Waals surface area contributed by atoms with Crippen LogP contribution in [0.1, 0.15) is 15.9 Å². The summed E-state index contributed by atoms with van der Waals surface area (Å²) in [6.07, 6.45) is 0. The topological polar surface area (TPSA) is 55.1 Å². The van der Waals surface area contributed by atoms with Crippen LogP contribution >= 0.6 is 11.6 Å². The Balaban J connectivity index is 1.62. The number of carbonyl (C=O) groups excluding carboxylic acids is 1. The first-order valence-corrected chi connectivity index (χ1v) is 8.51. The van der Waals surface area contributed by atoms with Crippen LogP contribution in [0.15, 0.2) is 71.1 Å². The maximum absolute atomic E-state index is 12.4. The van der Waals surface area contributed by atoms with Crippen molar-refractivity contribution >= 4 is 34.3 Å². The molecule has 0 aliphatic rings. The van der Waals surface area contributed by atoms with Gasteiger partial charge in [-0.2, -0.15) is 0 Å². The number of amides is 1. The molecule has 3 aromatic carbocycles. The van der Waals surface area contributed by atoms with Crippen LogP contribution in [0.4, 0.5) is 5.69 Å². The number of nitrogens with zero attached hydrogens (tertiary/aromatic N) is 1. The van der Waals surface area contributed by atoms with Gasteiger partial charge in [-0.3, -0.25) is 4.79 Å². The monoisotopic (exact) mass is 362 g/mol. The Morgan fingerprint density at radius 2 is 1.88 bits per heavy atom. The summed E-state index contributed by atoms with van der Waals surface area (Å²) in [5.74, 6) is 0.330. The molecule has 0 fully saturated rings. The van der Waals surface area contributed by atoms with E-state index in [1.165, 1.54) is 0 Å². The van der Waals surface area contributed by atoms with E-state index in [0.29, 0.717) is 33.3 Å². The Labute approximate surface area is 155 Å². The number of rotatable bonds is 3. The van der Waals surface area contributed by atoms with Crippen molar-refractivity contribution in [2.24, 2.45) is 0 Å². The molecule has 0 aliphatic heterocycles. The minimum atomic E-state index is -0.161. The van der Waals surface area contributed by atoms with E-state index in [-0.39, 0.29) is 5.91 Å². The molecule has 1 aromatic heterocycles. The smallest absolute Gasteiger partial charge is 0.255 e. The van der Waals surface area contributed by atoms with Crippen molar-refractivity contribution in [1.82, 2.24) is 4.98 Å². The predicted molar refractivity (Wildman–Crippen MR) is 104 cm³/mol. The maximum Gasteiger partial charge on any atom is 0.255 e. The number of hydrogen-bond acceptors (Lipinski definition) is 3. The third-order valence-electron chi connectivity index (χ3n) is 4.00. The summed E-state index contributed by atoms with van der Waals surface area (Å²) in [7, 11) is 0. The van der Waals surface area contributed by atoms with Gasteiger partial charge in [0.05, 0.1) is 0 Å². The average Bonchev–Trinajstić information content (AvgIpc) is 3.05. The lowest BCUT2D eigenvalue weighted by Gasteiger charge is -2.05. The van der Waals surface area contributed by atoms with Crippen LogP contribution in [0.5, 0.6) is 0 Å². The highest BCUT2D eigenvalue weighted by Gasteiger charge is 2.11. The van der Waals surface area contributed by atoms with E-state index in [4.69, 9.17) is 16.0 Å². The summed E-state index contributed by atoms with van der Waals surface area (Å²) in [5.41, 5.74) is 4.44. The van der Waals surface area contributed by atoms with E-state index >= 15 is 0 Å². The van der Waals surface area contributed by atoms with Gasteiger partial charge in [0.25, 0.3) is 5.91 Å². The van der Waals surface area contributed by atoms with E-state index in [1.807, 2.05) is 37.3 Å². The highest BCUT2D eigenvalue weighted by atomic mass is 35.5. The number of anilines is 1. The third-order valence-corrected chi connectivity index (χ3v) is 4.23. The molecule has 1 N–H and O–H groups in total. The van der Waals surface area contributed by atoms with Crippen molar-refractivity contribution in [2.45, 2.75) is 6.92 Å². The summed E-state index contributed by atoms with van der Waals surface area (Å²) >= 11 is 6.03. The average molecular weight is 363 g/mol. The third kappa shape index (κ3) is 3.32. The lowest BCUT2D eigenvalue weighted by atomic mass is 10.1. The summed E-state index contributed by atoms with van der Waals surface area (Å²) in [6.45, 7) is 1.95. The molecule has 0 spiro atoms. The minimum Gasteiger partial charge on any atom is -0.436 e. The molecule has 0 atom stereocenters. The fourth-order valence-corrected chi connectivity index (χ4v) is 2.93. The van der Waals surface area contributed by atoms with Gasteiger partial charge in [0.15, 0.2) is 5.58 Å². The fraction of sp³-hybridized carbons (Fsp3) is 0.0476. The number of hydrogen-bond donors (Lipinski definition) is 1. The molecule has 1 heterocycles. The van der Waals surface area contributed by atoms with Crippen LogP contribution in [0.3, 0.4) is 0 Å². The van der Waals surface area contributed by atoms with Crippen molar-refractivity contribution in [2.75, 3.05) is 5.32 Å². The van der Waals surface area contributed by atoms with E-state index in [2.05, 4.69) is 10.3 Å².